The van der Waals surface area contributed by atoms with E-state index in [0.717, 1.165) is 0 Å². The van der Waals surface area contributed by atoms with Gasteiger partial charge in [0.15, 0.2) is 0 Å². The van der Waals surface area contributed by atoms with Crippen molar-refractivity contribution >= 4 is 27.5 Å². The highest BCUT2D eigenvalue weighted by molar-refractivity contribution is 7.89. The van der Waals surface area contributed by atoms with Gasteiger partial charge in [-0.25, -0.2) is 8.42 Å². The summed E-state index contributed by atoms with van der Waals surface area (Å²) in [6.45, 7) is 3.05. The molecule has 2 aliphatic rings. The lowest BCUT2D eigenvalue weighted by Crippen LogP contribution is -2.50. The molecule has 2 aliphatic heterocycles. The Morgan fingerprint density at radius 3 is 2.79 bits per heavy atom. The van der Waals surface area contributed by atoms with E-state index in [2.05, 4.69) is 0 Å². The first kappa shape index (κ1) is 17.7. The van der Waals surface area contributed by atoms with Crippen LogP contribution in [-0.2, 0) is 14.8 Å². The minimum Gasteiger partial charge on any atom is -0.396 e. The van der Waals surface area contributed by atoms with Gasteiger partial charge in [0.05, 0.1) is 11.5 Å². The van der Waals surface area contributed by atoms with E-state index in [4.69, 9.17) is 11.6 Å². The predicted molar refractivity (Wildman–Crippen MR) is 90.1 cm³/mol. The smallest absolute Gasteiger partial charge is 0.243 e. The first-order valence-corrected chi connectivity index (χ1v) is 9.72. The van der Waals surface area contributed by atoms with Gasteiger partial charge >= 0.3 is 0 Å². The van der Waals surface area contributed by atoms with Crippen LogP contribution in [0.5, 0.6) is 0 Å². The predicted octanol–water partition coefficient (Wildman–Crippen LogP) is 1.19. The molecule has 0 radical (unpaired) electrons. The molecule has 132 valence electrons. The Labute approximate surface area is 147 Å². The van der Waals surface area contributed by atoms with E-state index in [1.807, 2.05) is 0 Å². The Kier molecular flexibility index (Phi) is 4.63. The number of halogens is 1. The normalized spacial score (nSPS) is 28.0. The summed E-state index contributed by atoms with van der Waals surface area (Å²) >= 11 is 5.92. The van der Waals surface area contributed by atoms with E-state index in [0.29, 0.717) is 31.1 Å². The maximum Gasteiger partial charge on any atom is 0.243 e. The zero-order chi connectivity index (χ0) is 17.5. The van der Waals surface area contributed by atoms with Crippen LogP contribution in [0.15, 0.2) is 29.2 Å². The SMILES string of the molecule is CC(=O)N1CC[C@@]2(CO)CN(S(=O)(=O)c3cccc(Cl)c3)C[C@H]2C1. The van der Waals surface area contributed by atoms with Gasteiger partial charge in [-0.15, -0.1) is 0 Å². The Balaban J connectivity index is 1.88. The van der Waals surface area contributed by atoms with Gasteiger partial charge in [0.25, 0.3) is 0 Å². The zero-order valence-electron chi connectivity index (χ0n) is 13.5. The second-order valence-electron chi connectivity index (χ2n) is 6.69. The molecule has 0 aliphatic carbocycles. The number of likely N-dealkylation sites (tertiary alicyclic amines) is 1. The fourth-order valence-corrected chi connectivity index (χ4v) is 5.62. The molecule has 2 saturated heterocycles. The van der Waals surface area contributed by atoms with E-state index in [-0.39, 0.29) is 29.9 Å². The Morgan fingerprint density at radius 2 is 2.17 bits per heavy atom. The number of benzene rings is 1. The van der Waals surface area contributed by atoms with Gasteiger partial charge in [0.2, 0.25) is 15.9 Å². The lowest BCUT2D eigenvalue weighted by Gasteiger charge is -2.42. The number of amides is 1. The number of hydrogen-bond donors (Lipinski definition) is 1. The monoisotopic (exact) mass is 372 g/mol. The van der Waals surface area contributed by atoms with Gasteiger partial charge in [0.1, 0.15) is 0 Å². The second kappa shape index (κ2) is 6.29. The molecule has 1 amide bonds. The minimum absolute atomic E-state index is 0.0160. The summed E-state index contributed by atoms with van der Waals surface area (Å²) in [4.78, 5) is 13.5. The maximum atomic E-state index is 12.9. The lowest BCUT2D eigenvalue weighted by atomic mass is 9.73. The number of carbonyl (C=O) groups is 1. The van der Waals surface area contributed by atoms with Crippen molar-refractivity contribution in [2.24, 2.45) is 11.3 Å². The molecule has 2 heterocycles. The molecule has 1 N–H and O–H groups in total. The molecular formula is C16H21ClN2O4S. The molecule has 0 saturated carbocycles. The summed E-state index contributed by atoms with van der Waals surface area (Å²) < 4.78 is 27.2. The van der Waals surface area contributed by atoms with Crippen molar-refractivity contribution in [3.8, 4) is 0 Å². The molecule has 1 aromatic rings. The number of nitrogens with zero attached hydrogens (tertiary/aromatic N) is 2. The van der Waals surface area contributed by atoms with E-state index in [1.54, 1.807) is 17.0 Å². The van der Waals surface area contributed by atoms with Crippen LogP contribution < -0.4 is 0 Å². The molecule has 8 heteroatoms. The highest BCUT2D eigenvalue weighted by Gasteiger charge is 2.52. The van der Waals surface area contributed by atoms with Crippen molar-refractivity contribution in [2.45, 2.75) is 18.2 Å². The standard InChI is InChI=1S/C16H21ClN2O4S/c1-12(21)18-6-5-16(11-20)10-19(9-13(16)8-18)24(22,23)15-4-2-3-14(17)7-15/h2-4,7,13,20H,5-6,8-11H2,1H3/t13-,16+/m1/s1. The van der Waals surface area contributed by atoms with Gasteiger partial charge in [-0.3, -0.25) is 4.79 Å². The largest absolute Gasteiger partial charge is 0.396 e. The van der Waals surface area contributed by atoms with Crippen molar-refractivity contribution in [3.05, 3.63) is 29.3 Å². The number of aliphatic hydroxyl groups excluding tert-OH is 1. The van der Waals surface area contributed by atoms with Crippen molar-refractivity contribution in [2.75, 3.05) is 32.8 Å². The highest BCUT2D eigenvalue weighted by atomic mass is 35.5. The number of hydrogen-bond acceptors (Lipinski definition) is 4. The molecule has 2 atom stereocenters. The Morgan fingerprint density at radius 1 is 1.42 bits per heavy atom. The molecule has 0 aromatic heterocycles. The van der Waals surface area contributed by atoms with Gasteiger partial charge < -0.3 is 10.0 Å². The third kappa shape index (κ3) is 2.94. The van der Waals surface area contributed by atoms with Crippen molar-refractivity contribution < 1.29 is 18.3 Å². The molecule has 24 heavy (non-hydrogen) atoms. The van der Waals surface area contributed by atoms with E-state index in [9.17, 15) is 18.3 Å². The van der Waals surface area contributed by atoms with Gasteiger partial charge in [-0.2, -0.15) is 4.31 Å². The van der Waals surface area contributed by atoms with Crippen LogP contribution in [0, 0.1) is 11.3 Å². The number of aliphatic hydroxyl groups is 1. The lowest BCUT2D eigenvalue weighted by molar-refractivity contribution is -0.133. The van der Waals surface area contributed by atoms with Gasteiger partial charge in [-0.1, -0.05) is 17.7 Å². The van der Waals surface area contributed by atoms with Crippen molar-refractivity contribution in [3.63, 3.8) is 0 Å². The first-order chi connectivity index (χ1) is 11.3. The molecule has 1 aromatic carbocycles. The number of rotatable bonds is 3. The summed E-state index contributed by atoms with van der Waals surface area (Å²) in [5.41, 5.74) is -0.475. The summed E-state index contributed by atoms with van der Waals surface area (Å²) in [7, 11) is -3.67. The summed E-state index contributed by atoms with van der Waals surface area (Å²) in [6, 6.07) is 6.20. The highest BCUT2D eigenvalue weighted by Crippen LogP contribution is 2.44. The first-order valence-electron chi connectivity index (χ1n) is 7.91. The number of piperidine rings is 1. The summed E-state index contributed by atoms with van der Waals surface area (Å²) in [5.74, 6) is -0.0770. The van der Waals surface area contributed by atoms with Gasteiger partial charge in [-0.05, 0) is 30.5 Å². The fraction of sp³-hybridized carbons (Fsp3) is 0.562. The Bertz CT molecular complexity index is 754. The minimum atomic E-state index is -3.67. The second-order valence-corrected chi connectivity index (χ2v) is 9.06. The quantitative estimate of drug-likeness (QED) is 0.864. The molecule has 0 unspecified atom stereocenters. The summed E-state index contributed by atoms with van der Waals surface area (Å²) in [6.07, 6.45) is 0.606. The summed E-state index contributed by atoms with van der Waals surface area (Å²) in [5, 5.41) is 10.3. The van der Waals surface area contributed by atoms with Crippen molar-refractivity contribution in [1.82, 2.24) is 9.21 Å². The number of carbonyl (C=O) groups excluding carboxylic acids is 1. The van der Waals surface area contributed by atoms with Crippen LogP contribution in [0.2, 0.25) is 5.02 Å². The van der Waals surface area contributed by atoms with Crippen LogP contribution in [0.4, 0.5) is 0 Å². The van der Waals surface area contributed by atoms with E-state index < -0.39 is 15.4 Å². The fourth-order valence-electron chi connectivity index (χ4n) is 3.74. The van der Waals surface area contributed by atoms with Crippen LogP contribution in [0.25, 0.3) is 0 Å². The molecule has 0 spiro atoms. The maximum absolute atomic E-state index is 12.9. The third-order valence-electron chi connectivity index (χ3n) is 5.30. The van der Waals surface area contributed by atoms with Gasteiger partial charge in [0, 0.05) is 43.5 Å². The number of fused-ring (bicyclic) bond motifs is 1. The van der Waals surface area contributed by atoms with E-state index in [1.165, 1.54) is 23.4 Å². The molecule has 0 bridgehead atoms. The molecule has 2 fully saturated rings. The zero-order valence-corrected chi connectivity index (χ0v) is 15.1. The van der Waals surface area contributed by atoms with Crippen LogP contribution >= 0.6 is 11.6 Å². The third-order valence-corrected chi connectivity index (χ3v) is 7.34. The molecular weight excluding hydrogens is 352 g/mol. The van der Waals surface area contributed by atoms with Crippen LogP contribution in [-0.4, -0.2) is 61.4 Å². The molecule has 6 nitrogen and oxygen atoms in total. The Hall–Kier alpha value is -1.15. The van der Waals surface area contributed by atoms with E-state index >= 15 is 0 Å². The van der Waals surface area contributed by atoms with Crippen LogP contribution in [0.3, 0.4) is 0 Å². The average Bonchev–Trinajstić information content (AvgIpc) is 2.94. The number of sulfonamides is 1. The van der Waals surface area contributed by atoms with Crippen LogP contribution in [0.1, 0.15) is 13.3 Å². The molecule has 3 rings (SSSR count). The average molecular weight is 373 g/mol. The van der Waals surface area contributed by atoms with Crippen molar-refractivity contribution in [1.29, 1.82) is 0 Å². The topological polar surface area (TPSA) is 77.9 Å².